The highest BCUT2D eigenvalue weighted by Gasteiger charge is 2.99. The molecule has 10 fully saturated rings. The van der Waals surface area contributed by atoms with Crippen molar-refractivity contribution in [1.29, 1.82) is 0 Å². The van der Waals surface area contributed by atoms with Gasteiger partial charge < -0.3 is 38.6 Å². The van der Waals surface area contributed by atoms with Crippen molar-refractivity contribution in [3.8, 4) is 0 Å². The topological polar surface area (TPSA) is 154 Å². The molecule has 12 rings (SSSR count). The van der Waals surface area contributed by atoms with Gasteiger partial charge in [0.2, 0.25) is 0 Å². The molecule has 0 amide bonds. The quantitative estimate of drug-likeness (QED) is 0.0949. The summed E-state index contributed by atoms with van der Waals surface area (Å²) in [6, 6.07) is 0. The summed E-state index contributed by atoms with van der Waals surface area (Å²) < 4.78 is 38.2. The number of carbonyl (C=O) groups excluding carboxylic acids is 3. The van der Waals surface area contributed by atoms with Crippen LogP contribution < -0.4 is 0 Å². The van der Waals surface area contributed by atoms with E-state index in [1.54, 1.807) is 0 Å². The van der Waals surface area contributed by atoms with Crippen molar-refractivity contribution >= 4 is 17.9 Å². The van der Waals surface area contributed by atoms with Crippen LogP contribution in [-0.4, -0.2) is 94.3 Å². The molecule has 6 saturated carbocycles. The second kappa shape index (κ2) is 14.2. The van der Waals surface area contributed by atoms with E-state index in [0.717, 1.165) is 55.2 Å². The highest BCUT2D eigenvalue weighted by Crippen LogP contribution is 2.82. The smallest absolute Gasteiger partial charge is 0.334 e. The van der Waals surface area contributed by atoms with E-state index in [-0.39, 0.29) is 72.3 Å². The lowest BCUT2D eigenvalue weighted by molar-refractivity contribution is -0.367. The zero-order valence-electron chi connectivity index (χ0n) is 37.2. The Morgan fingerprint density at radius 2 is 1.71 bits per heavy atom. The minimum Gasteiger partial charge on any atom is -0.462 e. The molecule has 2 spiro atoms. The number of cyclic esters (lactones) is 1. The van der Waals surface area contributed by atoms with Crippen LogP contribution in [0.4, 0.5) is 0 Å². The van der Waals surface area contributed by atoms with E-state index in [2.05, 4.69) is 59.4 Å². The third kappa shape index (κ3) is 5.75. The monoisotopic (exact) mass is 854 g/mol. The molecule has 4 unspecified atom stereocenters. The first-order valence-electron chi connectivity index (χ1n) is 24.0. The van der Waals surface area contributed by atoms with Crippen molar-refractivity contribution in [2.75, 3.05) is 6.61 Å². The molecule has 2 N–H and O–H groups in total. The van der Waals surface area contributed by atoms with Gasteiger partial charge in [0.1, 0.15) is 41.7 Å². The van der Waals surface area contributed by atoms with E-state index in [0.29, 0.717) is 55.1 Å². The maximum absolute atomic E-state index is 13.8. The van der Waals surface area contributed by atoms with Gasteiger partial charge in [-0.3, -0.25) is 9.59 Å². The summed E-state index contributed by atoms with van der Waals surface area (Å²) >= 11 is 0. The largest absolute Gasteiger partial charge is 0.462 e. The van der Waals surface area contributed by atoms with Crippen LogP contribution in [0.15, 0.2) is 58.7 Å². The summed E-state index contributed by atoms with van der Waals surface area (Å²) in [6.07, 6.45) is 16.1. The zero-order chi connectivity index (χ0) is 43.3. The van der Waals surface area contributed by atoms with E-state index < -0.39 is 47.1 Å². The molecule has 62 heavy (non-hydrogen) atoms. The normalized spacial score (nSPS) is 48.0. The van der Waals surface area contributed by atoms with Crippen LogP contribution in [0.25, 0.3) is 0 Å². The molecule has 12 aliphatic rings. The second-order valence-electron chi connectivity index (χ2n) is 22.1. The molecule has 336 valence electrons. The standard InChI is InChI=1S/C51H66O11/c1-26(2)50-43(61-50)44-51(62-44)48(6)21-19-33-34(25-57-45(33)56)42(48)39-24-49(51,60-39)46(50)59-41(55)18-17-40(54)58-32-22-31(28(4)38(53)23-32)13-10-29-8-7-20-47(5)35(14-15-36(29)47)27(3)9-16-37(52)30-11-12-30/h9-10,13,16,26-27,30,32,35-39,42-44,46,52-53H,4,7-8,11-12,14-15,17-25H2,1-3,5-6H3/b16-9+,29-10+,31-13-/t27-,32+,35?,36?,37?,38-,39?,42+,43-,44-,46-,47+,48-,49+,50-,51+/m0/s1. The Balaban J connectivity index is 0.735. The Bertz CT molecular complexity index is 2090. The van der Waals surface area contributed by atoms with E-state index in [1.807, 2.05) is 6.08 Å². The Hall–Kier alpha value is -3.09. The van der Waals surface area contributed by atoms with Crippen LogP contribution in [-0.2, 0) is 42.8 Å². The van der Waals surface area contributed by atoms with Crippen LogP contribution in [0.3, 0.4) is 0 Å². The van der Waals surface area contributed by atoms with E-state index in [1.165, 1.54) is 18.4 Å². The summed E-state index contributed by atoms with van der Waals surface area (Å²) in [4.78, 5) is 39.8. The Morgan fingerprint density at radius 3 is 2.45 bits per heavy atom. The van der Waals surface area contributed by atoms with Crippen molar-refractivity contribution in [3.05, 3.63) is 58.7 Å². The zero-order valence-corrected chi connectivity index (χ0v) is 37.2. The van der Waals surface area contributed by atoms with Gasteiger partial charge >= 0.3 is 17.9 Å². The number of epoxide rings is 2. The molecule has 7 aliphatic carbocycles. The van der Waals surface area contributed by atoms with Crippen LogP contribution in [0.5, 0.6) is 0 Å². The Labute approximate surface area is 365 Å². The highest BCUT2D eigenvalue weighted by molar-refractivity contribution is 5.92. The number of fused-ring (bicyclic) bond motifs is 3. The first-order chi connectivity index (χ1) is 29.6. The number of hydrogen-bond acceptors (Lipinski definition) is 11. The molecular weight excluding hydrogens is 789 g/mol. The summed E-state index contributed by atoms with van der Waals surface area (Å²) in [5.41, 5.74) is 2.35. The number of hydrogen-bond donors (Lipinski definition) is 2. The number of ether oxygens (including phenoxy) is 6. The summed E-state index contributed by atoms with van der Waals surface area (Å²) in [5.74, 6) is 0.684. The lowest BCUT2D eigenvalue weighted by atomic mass is 9.42. The Kier molecular flexibility index (Phi) is 9.53. The predicted molar refractivity (Wildman–Crippen MR) is 226 cm³/mol. The summed E-state index contributed by atoms with van der Waals surface area (Å²) in [6.45, 7) is 15.7. The minimum absolute atomic E-state index is 0.0126. The van der Waals surface area contributed by atoms with Gasteiger partial charge in [-0.25, -0.2) is 4.79 Å². The molecule has 0 radical (unpaired) electrons. The molecule has 16 atom stereocenters. The first-order valence-corrected chi connectivity index (χ1v) is 24.0. The van der Waals surface area contributed by atoms with Gasteiger partial charge in [0.25, 0.3) is 0 Å². The lowest BCUT2D eigenvalue weighted by Gasteiger charge is -2.70. The molecule has 0 aromatic rings. The molecular formula is C51H66O11. The van der Waals surface area contributed by atoms with Crippen molar-refractivity contribution in [3.63, 3.8) is 0 Å². The molecule has 5 heterocycles. The SMILES string of the molecule is C=C1/C(=C\C=C2/CCC[C@@]3(C)C2CCC3[C@@H](C)/C=C/C(O)C2CC2)C[C@@H](OC(=O)CCC(=O)O[C@@H]2[C@@]3(C(C)C)O[C@H]3[C@@H]3O[C@@]34[C@@]3(C)CCC5=C(COC5=O)[C@@H]3C3C[C@@]24O3)C[C@@H]1O. The fourth-order valence-electron chi connectivity index (χ4n) is 15.4. The fraction of sp³-hybridized carbons (Fsp3) is 0.745. The number of rotatable bonds is 11. The molecule has 11 nitrogen and oxygen atoms in total. The molecule has 0 aromatic heterocycles. The average molecular weight is 855 g/mol. The Morgan fingerprint density at radius 1 is 0.952 bits per heavy atom. The molecule has 11 heteroatoms. The number of aliphatic hydroxyl groups excluding tert-OH is 2. The maximum atomic E-state index is 13.8. The van der Waals surface area contributed by atoms with Crippen molar-refractivity contribution in [2.45, 2.75) is 184 Å². The van der Waals surface area contributed by atoms with E-state index in [9.17, 15) is 24.6 Å². The molecule has 5 aliphatic heterocycles. The lowest BCUT2D eigenvalue weighted by Crippen LogP contribution is -2.84. The van der Waals surface area contributed by atoms with Gasteiger partial charge in [0.15, 0.2) is 6.10 Å². The summed E-state index contributed by atoms with van der Waals surface area (Å²) in [7, 11) is 0. The third-order valence-electron chi connectivity index (χ3n) is 18.8. The third-order valence-corrected chi connectivity index (χ3v) is 18.8. The van der Waals surface area contributed by atoms with Crippen molar-refractivity contribution in [2.24, 2.45) is 46.3 Å². The fourth-order valence-corrected chi connectivity index (χ4v) is 15.4. The van der Waals surface area contributed by atoms with Gasteiger partial charge in [-0.2, -0.15) is 0 Å². The van der Waals surface area contributed by atoms with E-state index in [4.69, 9.17) is 28.4 Å². The maximum Gasteiger partial charge on any atom is 0.334 e. The van der Waals surface area contributed by atoms with Gasteiger partial charge in [0.05, 0.1) is 31.2 Å². The second-order valence-corrected chi connectivity index (χ2v) is 22.1. The van der Waals surface area contributed by atoms with Crippen LogP contribution in [0, 0.1) is 46.3 Å². The van der Waals surface area contributed by atoms with Gasteiger partial charge in [-0.15, -0.1) is 0 Å². The van der Waals surface area contributed by atoms with Crippen LogP contribution in [0.1, 0.15) is 125 Å². The van der Waals surface area contributed by atoms with Gasteiger partial charge in [-0.05, 0) is 110 Å². The number of carbonyl (C=O) groups is 3. The molecule has 2 bridgehead atoms. The van der Waals surface area contributed by atoms with Crippen LogP contribution in [0.2, 0.25) is 0 Å². The van der Waals surface area contributed by atoms with Crippen LogP contribution >= 0.6 is 0 Å². The van der Waals surface area contributed by atoms with Gasteiger partial charge in [-0.1, -0.05) is 71.1 Å². The van der Waals surface area contributed by atoms with E-state index >= 15 is 0 Å². The predicted octanol–water partition coefficient (Wildman–Crippen LogP) is 7.09. The minimum atomic E-state index is -0.883. The van der Waals surface area contributed by atoms with Crippen molar-refractivity contribution in [1.82, 2.24) is 0 Å². The average Bonchev–Trinajstić information content (AvgIpc) is 4.14. The number of esters is 3. The number of allylic oxidation sites excluding steroid dienone is 4. The highest BCUT2D eigenvalue weighted by atomic mass is 16.7. The van der Waals surface area contributed by atoms with Crippen molar-refractivity contribution < 1.29 is 53.0 Å². The first kappa shape index (κ1) is 41.6. The molecule has 0 aromatic carbocycles. The molecule has 4 saturated heterocycles. The summed E-state index contributed by atoms with van der Waals surface area (Å²) in [5, 5.41) is 21.5. The number of aliphatic hydroxyl groups is 2. The van der Waals surface area contributed by atoms with Gasteiger partial charge in [0, 0.05) is 36.2 Å².